The Morgan fingerprint density at radius 3 is 2.41 bits per heavy atom. The summed E-state index contributed by atoms with van der Waals surface area (Å²) in [6, 6.07) is 19.6. The van der Waals surface area contributed by atoms with Gasteiger partial charge in [-0.1, -0.05) is 59.8 Å². The highest BCUT2D eigenvalue weighted by molar-refractivity contribution is 8.00. The van der Waals surface area contributed by atoms with Gasteiger partial charge in [-0.15, -0.1) is 11.3 Å². The number of sulfone groups is 1. The summed E-state index contributed by atoms with van der Waals surface area (Å²) in [4.78, 5) is 5.27. The molecule has 2 heterocycles. The van der Waals surface area contributed by atoms with Crippen LogP contribution in [0.5, 0.6) is 0 Å². The van der Waals surface area contributed by atoms with Crippen LogP contribution in [0.4, 0.5) is 0 Å². The lowest BCUT2D eigenvalue weighted by atomic mass is 10.2. The van der Waals surface area contributed by atoms with Crippen molar-refractivity contribution in [3.8, 4) is 10.8 Å². The number of thiophene rings is 1. The fraction of sp³-hybridized carbons (Fsp3) is 0.0952. The van der Waals surface area contributed by atoms with E-state index in [-0.39, 0.29) is 20.3 Å². The van der Waals surface area contributed by atoms with Gasteiger partial charge in [0.05, 0.1) is 9.77 Å². The normalized spacial score (nSPS) is 12.8. The Kier molecular flexibility index (Phi) is 5.83. The smallest absolute Gasteiger partial charge is 0.238 e. The number of nitrogens with zero attached hydrogens (tertiary/aromatic N) is 1. The molecule has 4 nitrogen and oxygen atoms in total. The Morgan fingerprint density at radius 1 is 1.03 bits per heavy atom. The zero-order chi connectivity index (χ0) is 20.4. The van der Waals surface area contributed by atoms with E-state index in [1.807, 2.05) is 54.8 Å². The monoisotopic (exact) mass is 461 g/mol. The molecule has 0 aliphatic rings. The zero-order valence-corrected chi connectivity index (χ0v) is 18.5. The molecule has 8 heteroatoms. The van der Waals surface area contributed by atoms with Crippen LogP contribution in [0.1, 0.15) is 17.7 Å². The Labute approximate surface area is 182 Å². The minimum Gasteiger partial charge on any atom is -0.427 e. The molecule has 0 aliphatic carbocycles. The zero-order valence-electron chi connectivity index (χ0n) is 15.3. The van der Waals surface area contributed by atoms with Gasteiger partial charge < -0.3 is 4.42 Å². The third-order valence-electron chi connectivity index (χ3n) is 4.23. The molecule has 1 atom stereocenters. The summed E-state index contributed by atoms with van der Waals surface area (Å²) in [6.45, 7) is 2.01. The van der Waals surface area contributed by atoms with E-state index in [0.717, 1.165) is 10.4 Å². The van der Waals surface area contributed by atoms with Crippen molar-refractivity contribution in [2.45, 2.75) is 27.2 Å². The number of hydrogen-bond acceptors (Lipinski definition) is 6. The lowest BCUT2D eigenvalue weighted by molar-refractivity contribution is 0.470. The Hall–Kier alpha value is -2.06. The summed E-state index contributed by atoms with van der Waals surface area (Å²) in [5, 5.41) is 2.55. The first-order valence-electron chi connectivity index (χ1n) is 8.72. The molecule has 0 radical (unpaired) electrons. The molecule has 0 unspecified atom stereocenters. The third kappa shape index (κ3) is 4.28. The fourth-order valence-electron chi connectivity index (χ4n) is 2.72. The lowest BCUT2D eigenvalue weighted by Gasteiger charge is -2.10. The second kappa shape index (κ2) is 8.36. The summed E-state index contributed by atoms with van der Waals surface area (Å²) < 4.78 is 32.5. The van der Waals surface area contributed by atoms with Crippen molar-refractivity contribution in [2.75, 3.05) is 0 Å². The van der Waals surface area contributed by atoms with E-state index in [1.54, 1.807) is 12.1 Å². The van der Waals surface area contributed by atoms with Gasteiger partial charge in [-0.3, -0.25) is 0 Å². The predicted octanol–water partition coefficient (Wildman–Crippen LogP) is 6.74. The molecule has 0 N–H and O–H groups in total. The van der Waals surface area contributed by atoms with Crippen molar-refractivity contribution in [1.29, 1.82) is 0 Å². The quantitative estimate of drug-likeness (QED) is 0.297. The van der Waals surface area contributed by atoms with E-state index < -0.39 is 9.84 Å². The number of aromatic nitrogens is 1. The number of benzene rings is 2. The van der Waals surface area contributed by atoms with Crippen LogP contribution in [0.25, 0.3) is 10.8 Å². The molecule has 29 heavy (non-hydrogen) atoms. The molecule has 2 aromatic carbocycles. The van der Waals surface area contributed by atoms with Crippen molar-refractivity contribution in [3.63, 3.8) is 0 Å². The molecule has 0 bridgehead atoms. The topological polar surface area (TPSA) is 60.2 Å². The summed E-state index contributed by atoms with van der Waals surface area (Å²) in [5.74, 6) is 0.301. The number of thioether (sulfide) groups is 1. The molecular formula is C21H16ClNO3S3. The Morgan fingerprint density at radius 2 is 1.76 bits per heavy atom. The van der Waals surface area contributed by atoms with Crippen molar-refractivity contribution in [2.24, 2.45) is 0 Å². The van der Waals surface area contributed by atoms with Crippen LogP contribution in [-0.4, -0.2) is 13.4 Å². The molecule has 0 saturated heterocycles. The second-order valence-corrected chi connectivity index (χ2v) is 10.8. The average molecular weight is 462 g/mol. The number of rotatable bonds is 6. The van der Waals surface area contributed by atoms with Crippen LogP contribution >= 0.6 is 34.7 Å². The number of oxazole rings is 1. The minimum atomic E-state index is -3.86. The van der Waals surface area contributed by atoms with Crippen LogP contribution in [0.2, 0.25) is 5.02 Å². The first-order chi connectivity index (χ1) is 13.9. The highest BCUT2D eigenvalue weighted by Crippen LogP contribution is 2.42. The number of halogens is 1. The molecule has 0 fully saturated rings. The van der Waals surface area contributed by atoms with Gasteiger partial charge in [0.25, 0.3) is 0 Å². The van der Waals surface area contributed by atoms with Gasteiger partial charge in [-0.2, -0.15) is 4.98 Å². The van der Waals surface area contributed by atoms with Crippen molar-refractivity contribution in [1.82, 2.24) is 4.98 Å². The maximum absolute atomic E-state index is 13.3. The van der Waals surface area contributed by atoms with Gasteiger partial charge in [-0.25, -0.2) is 8.42 Å². The molecule has 0 saturated carbocycles. The fourth-order valence-corrected chi connectivity index (χ4v) is 6.04. The second-order valence-electron chi connectivity index (χ2n) is 6.22. The Balaban J connectivity index is 1.78. The molecule has 4 rings (SSSR count). The van der Waals surface area contributed by atoms with Crippen LogP contribution in [0.15, 0.2) is 91.5 Å². The van der Waals surface area contributed by atoms with Crippen molar-refractivity contribution >= 4 is 44.5 Å². The molecule has 2 aromatic heterocycles. The van der Waals surface area contributed by atoms with Crippen LogP contribution in [-0.2, 0) is 9.84 Å². The molecule has 0 spiro atoms. The van der Waals surface area contributed by atoms with Gasteiger partial charge in [0, 0.05) is 10.3 Å². The Bertz CT molecular complexity index is 1200. The van der Waals surface area contributed by atoms with Crippen molar-refractivity contribution in [3.05, 3.63) is 82.7 Å². The maximum atomic E-state index is 13.3. The van der Waals surface area contributed by atoms with Gasteiger partial charge in [0.2, 0.25) is 25.8 Å². The molecule has 0 aliphatic heterocycles. The lowest BCUT2D eigenvalue weighted by Crippen LogP contribution is -2.04. The predicted molar refractivity (Wildman–Crippen MR) is 117 cm³/mol. The van der Waals surface area contributed by atoms with Gasteiger partial charge in [0.15, 0.2) is 0 Å². The van der Waals surface area contributed by atoms with Gasteiger partial charge in [-0.05, 0) is 48.2 Å². The first-order valence-corrected chi connectivity index (χ1v) is 12.3. The minimum absolute atomic E-state index is 0.0143. The molecule has 4 aromatic rings. The summed E-state index contributed by atoms with van der Waals surface area (Å²) in [6.07, 6.45) is 0. The average Bonchev–Trinajstić information content (AvgIpc) is 3.39. The van der Waals surface area contributed by atoms with E-state index in [0.29, 0.717) is 10.9 Å². The van der Waals surface area contributed by atoms with E-state index in [2.05, 4.69) is 4.98 Å². The SMILES string of the molecule is C[C@H](Sc1oc(-c2cccs2)nc1S(=O)(=O)c1ccc(Cl)cc1)c1ccccc1. The number of hydrogen-bond donors (Lipinski definition) is 0. The summed E-state index contributed by atoms with van der Waals surface area (Å²) in [7, 11) is -3.86. The third-order valence-corrected chi connectivity index (χ3v) is 8.26. The standard InChI is InChI=1S/C21H16ClNO3S3/c1-14(15-6-3-2-4-7-15)28-21-20(23-19(26-21)18-8-5-13-27-18)29(24,25)17-11-9-16(22)10-12-17/h2-14H,1H3/t14-/m0/s1. The van der Waals surface area contributed by atoms with Crippen LogP contribution in [0.3, 0.4) is 0 Å². The summed E-state index contributed by atoms with van der Waals surface area (Å²) in [5.41, 5.74) is 1.07. The molecular weight excluding hydrogens is 446 g/mol. The van der Waals surface area contributed by atoms with E-state index in [4.69, 9.17) is 16.0 Å². The van der Waals surface area contributed by atoms with E-state index in [9.17, 15) is 8.42 Å². The van der Waals surface area contributed by atoms with Crippen molar-refractivity contribution < 1.29 is 12.8 Å². The molecule has 0 amide bonds. The van der Waals surface area contributed by atoms with Gasteiger partial charge in [0.1, 0.15) is 0 Å². The van der Waals surface area contributed by atoms with E-state index in [1.165, 1.54) is 35.2 Å². The highest BCUT2D eigenvalue weighted by atomic mass is 35.5. The van der Waals surface area contributed by atoms with Crippen LogP contribution in [0, 0.1) is 0 Å². The molecule has 148 valence electrons. The van der Waals surface area contributed by atoms with Crippen LogP contribution < -0.4 is 0 Å². The van der Waals surface area contributed by atoms with Gasteiger partial charge >= 0.3 is 0 Å². The first kappa shape index (κ1) is 20.2. The summed E-state index contributed by atoms with van der Waals surface area (Å²) >= 11 is 8.70. The largest absolute Gasteiger partial charge is 0.427 e. The maximum Gasteiger partial charge on any atom is 0.238 e. The van der Waals surface area contributed by atoms with E-state index >= 15 is 0 Å². The highest BCUT2D eigenvalue weighted by Gasteiger charge is 2.30.